The number of nitrogens with two attached hydrogens (primary N) is 1. The maximum Gasteiger partial charge on any atom is 0.127 e. The minimum absolute atomic E-state index is 0.0377. The molecule has 4 heteroatoms. The molecule has 1 saturated heterocycles. The van der Waals surface area contributed by atoms with Gasteiger partial charge in [-0.25, -0.2) is 0 Å². The van der Waals surface area contributed by atoms with Crippen LogP contribution in [0.15, 0.2) is 16.6 Å². The standard InChI is InChI=1S/C14H19BrN2O/c1-2-14(16)8-17(9-14)7-11-6-12(15)5-10-3-4-18-13(10)11/h5-6H,2-4,7-9,16H2,1H3. The molecular formula is C14H19BrN2O. The fourth-order valence-electron chi connectivity index (χ4n) is 2.88. The van der Waals surface area contributed by atoms with E-state index in [9.17, 15) is 0 Å². The number of likely N-dealkylation sites (tertiary alicyclic amines) is 1. The molecule has 1 aromatic carbocycles. The summed E-state index contributed by atoms with van der Waals surface area (Å²) < 4.78 is 6.90. The smallest absolute Gasteiger partial charge is 0.127 e. The van der Waals surface area contributed by atoms with Gasteiger partial charge in [-0.1, -0.05) is 22.9 Å². The Balaban J connectivity index is 1.75. The molecule has 1 fully saturated rings. The van der Waals surface area contributed by atoms with Crippen molar-refractivity contribution in [1.29, 1.82) is 0 Å². The highest BCUT2D eigenvalue weighted by molar-refractivity contribution is 9.10. The Morgan fingerprint density at radius 2 is 2.22 bits per heavy atom. The second-order valence-corrected chi connectivity index (χ2v) is 6.43. The van der Waals surface area contributed by atoms with E-state index in [2.05, 4.69) is 39.9 Å². The van der Waals surface area contributed by atoms with Crippen molar-refractivity contribution in [1.82, 2.24) is 4.90 Å². The van der Waals surface area contributed by atoms with Gasteiger partial charge in [-0.05, 0) is 24.1 Å². The minimum Gasteiger partial charge on any atom is -0.493 e. The first-order chi connectivity index (χ1) is 8.59. The number of ether oxygens (including phenoxy) is 1. The van der Waals surface area contributed by atoms with Crippen molar-refractivity contribution >= 4 is 15.9 Å². The van der Waals surface area contributed by atoms with Gasteiger partial charge in [-0.3, -0.25) is 4.90 Å². The third-order valence-electron chi connectivity index (χ3n) is 4.00. The first-order valence-corrected chi connectivity index (χ1v) is 7.34. The van der Waals surface area contributed by atoms with Gasteiger partial charge in [0.05, 0.1) is 6.61 Å². The molecule has 2 aliphatic heterocycles. The Morgan fingerprint density at radius 3 is 2.94 bits per heavy atom. The van der Waals surface area contributed by atoms with E-state index in [1.807, 2.05) is 0 Å². The molecule has 0 saturated carbocycles. The molecule has 2 heterocycles. The minimum atomic E-state index is 0.0377. The van der Waals surface area contributed by atoms with Crippen molar-refractivity contribution in [2.75, 3.05) is 19.7 Å². The lowest BCUT2D eigenvalue weighted by Gasteiger charge is -2.47. The maximum atomic E-state index is 6.21. The number of benzene rings is 1. The number of hydrogen-bond donors (Lipinski definition) is 1. The van der Waals surface area contributed by atoms with Gasteiger partial charge >= 0.3 is 0 Å². The first-order valence-electron chi connectivity index (χ1n) is 6.55. The van der Waals surface area contributed by atoms with Gasteiger partial charge in [-0.2, -0.15) is 0 Å². The highest BCUT2D eigenvalue weighted by Gasteiger charge is 2.37. The average Bonchev–Trinajstić information content (AvgIpc) is 2.74. The van der Waals surface area contributed by atoms with E-state index in [0.29, 0.717) is 0 Å². The highest BCUT2D eigenvalue weighted by Crippen LogP contribution is 2.35. The van der Waals surface area contributed by atoms with Gasteiger partial charge in [0, 0.05) is 41.6 Å². The third-order valence-corrected chi connectivity index (χ3v) is 4.46. The highest BCUT2D eigenvalue weighted by atomic mass is 79.9. The van der Waals surface area contributed by atoms with E-state index >= 15 is 0 Å². The quantitative estimate of drug-likeness (QED) is 0.931. The van der Waals surface area contributed by atoms with Gasteiger partial charge in [0.25, 0.3) is 0 Å². The van der Waals surface area contributed by atoms with Crippen LogP contribution >= 0.6 is 15.9 Å². The SMILES string of the molecule is CCC1(N)CN(Cc2cc(Br)cc3c2OCC3)C1. The second kappa shape index (κ2) is 4.51. The van der Waals surface area contributed by atoms with E-state index in [4.69, 9.17) is 10.5 Å². The molecule has 0 atom stereocenters. The van der Waals surface area contributed by atoms with Crippen molar-refractivity contribution in [2.24, 2.45) is 5.73 Å². The lowest BCUT2D eigenvalue weighted by atomic mass is 9.88. The van der Waals surface area contributed by atoms with Crippen LogP contribution in [-0.4, -0.2) is 30.1 Å². The summed E-state index contributed by atoms with van der Waals surface area (Å²) in [4.78, 5) is 2.40. The van der Waals surface area contributed by atoms with E-state index in [1.54, 1.807) is 0 Å². The van der Waals surface area contributed by atoms with Gasteiger partial charge in [0.15, 0.2) is 0 Å². The van der Waals surface area contributed by atoms with Crippen molar-refractivity contribution in [3.05, 3.63) is 27.7 Å². The zero-order valence-corrected chi connectivity index (χ0v) is 12.3. The molecule has 2 aliphatic rings. The molecule has 2 N–H and O–H groups in total. The maximum absolute atomic E-state index is 6.21. The predicted octanol–water partition coefficient (Wildman–Crippen LogP) is 2.31. The Hall–Kier alpha value is -0.580. The van der Waals surface area contributed by atoms with Crippen molar-refractivity contribution < 1.29 is 4.74 Å². The Kier molecular flexibility index (Phi) is 3.12. The molecule has 1 aromatic rings. The topological polar surface area (TPSA) is 38.5 Å². The molecular weight excluding hydrogens is 292 g/mol. The summed E-state index contributed by atoms with van der Waals surface area (Å²) in [5.74, 6) is 1.10. The van der Waals surface area contributed by atoms with Gasteiger partial charge in [0.2, 0.25) is 0 Å². The number of halogens is 1. The van der Waals surface area contributed by atoms with Crippen LogP contribution in [0.5, 0.6) is 5.75 Å². The molecule has 0 amide bonds. The number of hydrogen-bond acceptors (Lipinski definition) is 3. The van der Waals surface area contributed by atoms with Crippen molar-refractivity contribution in [3.63, 3.8) is 0 Å². The summed E-state index contributed by atoms with van der Waals surface area (Å²) in [5.41, 5.74) is 8.86. The Labute approximate surface area is 116 Å². The lowest BCUT2D eigenvalue weighted by Crippen LogP contribution is -2.66. The van der Waals surface area contributed by atoms with Gasteiger partial charge in [-0.15, -0.1) is 0 Å². The molecule has 3 rings (SSSR count). The molecule has 0 unspecified atom stereocenters. The number of fused-ring (bicyclic) bond motifs is 1. The van der Waals surface area contributed by atoms with Gasteiger partial charge < -0.3 is 10.5 Å². The zero-order valence-electron chi connectivity index (χ0n) is 10.7. The summed E-state index contributed by atoms with van der Waals surface area (Å²) in [6, 6.07) is 4.34. The van der Waals surface area contributed by atoms with Gasteiger partial charge in [0.1, 0.15) is 5.75 Å². The molecule has 0 aromatic heterocycles. The lowest BCUT2D eigenvalue weighted by molar-refractivity contribution is 0.0599. The predicted molar refractivity (Wildman–Crippen MR) is 75.8 cm³/mol. The molecule has 3 nitrogen and oxygen atoms in total. The van der Waals surface area contributed by atoms with E-state index in [-0.39, 0.29) is 5.54 Å². The summed E-state index contributed by atoms with van der Waals surface area (Å²) in [5, 5.41) is 0. The van der Waals surface area contributed by atoms with Crippen LogP contribution in [0.3, 0.4) is 0 Å². The molecule has 98 valence electrons. The monoisotopic (exact) mass is 310 g/mol. The summed E-state index contributed by atoms with van der Waals surface area (Å²) >= 11 is 3.58. The van der Waals surface area contributed by atoms with Crippen LogP contribution in [0.25, 0.3) is 0 Å². The van der Waals surface area contributed by atoms with E-state index in [1.165, 1.54) is 11.1 Å². The van der Waals surface area contributed by atoms with E-state index < -0.39 is 0 Å². The fraction of sp³-hybridized carbons (Fsp3) is 0.571. The fourth-order valence-corrected chi connectivity index (χ4v) is 3.44. The van der Waals surface area contributed by atoms with Crippen molar-refractivity contribution in [2.45, 2.75) is 31.8 Å². The molecule has 0 spiro atoms. The normalized spacial score (nSPS) is 21.3. The zero-order chi connectivity index (χ0) is 12.8. The number of rotatable bonds is 3. The van der Waals surface area contributed by atoms with Crippen LogP contribution in [0.1, 0.15) is 24.5 Å². The Bertz CT molecular complexity index is 469. The molecule has 0 radical (unpaired) electrons. The number of nitrogens with zero attached hydrogens (tertiary/aromatic N) is 1. The first kappa shape index (κ1) is 12.5. The molecule has 0 aliphatic carbocycles. The molecule has 0 bridgehead atoms. The van der Waals surface area contributed by atoms with Crippen LogP contribution in [-0.2, 0) is 13.0 Å². The largest absolute Gasteiger partial charge is 0.493 e. The average molecular weight is 311 g/mol. The van der Waals surface area contributed by atoms with Crippen LogP contribution < -0.4 is 10.5 Å². The Morgan fingerprint density at radius 1 is 1.44 bits per heavy atom. The van der Waals surface area contributed by atoms with Crippen LogP contribution in [0.2, 0.25) is 0 Å². The van der Waals surface area contributed by atoms with Crippen LogP contribution in [0, 0.1) is 0 Å². The molecule has 18 heavy (non-hydrogen) atoms. The summed E-state index contributed by atoms with van der Waals surface area (Å²) in [7, 11) is 0. The summed E-state index contributed by atoms with van der Waals surface area (Å²) in [6.07, 6.45) is 2.08. The van der Waals surface area contributed by atoms with Crippen LogP contribution in [0.4, 0.5) is 0 Å². The van der Waals surface area contributed by atoms with E-state index in [0.717, 1.165) is 49.3 Å². The second-order valence-electron chi connectivity index (χ2n) is 5.51. The summed E-state index contributed by atoms with van der Waals surface area (Å²) in [6.45, 7) is 5.90. The third kappa shape index (κ3) is 2.17. The van der Waals surface area contributed by atoms with Crippen molar-refractivity contribution in [3.8, 4) is 5.75 Å².